The monoisotopic (exact) mass is 896 g/mol. The lowest BCUT2D eigenvalue weighted by molar-refractivity contribution is -0.141. The average molecular weight is 897 g/mol. The molecule has 4 amide bonds. The van der Waals surface area contributed by atoms with Crippen LogP contribution in [0.1, 0.15) is 117 Å². The number of imidazole rings is 2. The molecule has 2 aromatic carbocycles. The number of likely N-dealkylation sites (tertiary alicyclic amines) is 2. The minimum absolute atomic E-state index is 0.0867. The Morgan fingerprint density at radius 1 is 0.631 bits per heavy atom. The van der Waals surface area contributed by atoms with E-state index in [-0.39, 0.29) is 66.2 Å². The van der Waals surface area contributed by atoms with Crippen LogP contribution < -0.4 is 10.6 Å². The highest BCUT2D eigenvalue weighted by molar-refractivity contribution is 5.87. The van der Waals surface area contributed by atoms with E-state index in [1.54, 1.807) is 28.3 Å². The molecule has 348 valence electrons. The Hall–Kier alpha value is -5.81. The lowest BCUT2D eigenvalue weighted by Crippen LogP contribution is -2.55. The van der Waals surface area contributed by atoms with Crippen molar-refractivity contribution >= 4 is 24.0 Å². The van der Waals surface area contributed by atoms with Gasteiger partial charge >= 0.3 is 12.2 Å². The van der Waals surface area contributed by atoms with Crippen molar-refractivity contribution in [2.75, 3.05) is 0 Å². The van der Waals surface area contributed by atoms with Gasteiger partial charge in [-0.15, -0.1) is 0 Å². The molecule has 8 rings (SSSR count). The van der Waals surface area contributed by atoms with E-state index in [0.717, 1.165) is 17.5 Å². The van der Waals surface area contributed by atoms with Crippen LogP contribution in [0.5, 0.6) is 0 Å². The Morgan fingerprint density at radius 2 is 1.05 bits per heavy atom. The molecule has 65 heavy (non-hydrogen) atoms. The number of halogens is 1. The molecule has 0 unspecified atom stereocenters. The van der Waals surface area contributed by atoms with Gasteiger partial charge in [0.25, 0.3) is 0 Å². The van der Waals surface area contributed by atoms with Crippen LogP contribution in [0.2, 0.25) is 0 Å². The third kappa shape index (κ3) is 9.76. The molecule has 0 aliphatic carbocycles. The summed E-state index contributed by atoms with van der Waals surface area (Å²) in [6.45, 7) is 11.7. The fourth-order valence-electron chi connectivity index (χ4n) is 11.1. The van der Waals surface area contributed by atoms with E-state index in [1.807, 2.05) is 71.9 Å². The van der Waals surface area contributed by atoms with Gasteiger partial charge in [0, 0.05) is 35.6 Å². The van der Waals surface area contributed by atoms with Crippen LogP contribution in [0.25, 0.3) is 33.6 Å². The maximum atomic E-state index is 16.0. The van der Waals surface area contributed by atoms with Crippen molar-refractivity contribution in [3.05, 3.63) is 72.3 Å². The summed E-state index contributed by atoms with van der Waals surface area (Å²) in [5.74, 6) is -0.285. The zero-order valence-electron chi connectivity index (χ0n) is 37.8. The summed E-state index contributed by atoms with van der Waals surface area (Å²) >= 11 is 0. The third-order valence-electron chi connectivity index (χ3n) is 13.9. The number of carbonyl (C=O) groups excluding carboxylic acids is 2. The van der Waals surface area contributed by atoms with Crippen molar-refractivity contribution in [2.45, 2.75) is 154 Å². The van der Waals surface area contributed by atoms with E-state index in [0.29, 0.717) is 79.1 Å². The molecule has 10 atom stereocenters. The number of aromatic nitrogens is 4. The zero-order chi connectivity index (χ0) is 46.3. The molecule has 0 radical (unpaired) electrons. The van der Waals surface area contributed by atoms with Crippen LogP contribution in [0.15, 0.2) is 54.9 Å². The second-order valence-electron chi connectivity index (χ2n) is 18.8. The van der Waals surface area contributed by atoms with Crippen LogP contribution in [0, 0.1) is 17.7 Å². The van der Waals surface area contributed by atoms with Crippen LogP contribution in [-0.4, -0.2) is 113 Å². The van der Waals surface area contributed by atoms with Gasteiger partial charge < -0.3 is 50.1 Å². The van der Waals surface area contributed by atoms with Gasteiger partial charge in [-0.05, 0) is 128 Å². The molecule has 4 fully saturated rings. The fraction of sp³-hybridized carbons (Fsp3) is 0.542. The minimum atomic E-state index is -1.25. The number of carboxylic acid groups (broad SMARTS) is 2. The van der Waals surface area contributed by atoms with E-state index in [4.69, 9.17) is 19.4 Å². The summed E-state index contributed by atoms with van der Waals surface area (Å²) in [7, 11) is 0. The summed E-state index contributed by atoms with van der Waals surface area (Å²) in [6, 6.07) is 9.75. The maximum absolute atomic E-state index is 16.0. The lowest BCUT2D eigenvalue weighted by atomic mass is 9.85. The van der Waals surface area contributed by atoms with Crippen molar-refractivity contribution in [2.24, 2.45) is 11.8 Å². The Bertz CT molecular complexity index is 2350. The van der Waals surface area contributed by atoms with E-state index >= 15 is 4.39 Å². The fourth-order valence-corrected chi connectivity index (χ4v) is 11.1. The molecule has 0 bridgehead atoms. The molecule has 4 aromatic rings. The summed E-state index contributed by atoms with van der Waals surface area (Å²) in [6.07, 6.45) is 5.61. The molecule has 2 aromatic heterocycles. The highest BCUT2D eigenvalue weighted by Crippen LogP contribution is 2.40. The number of nitrogens with zero attached hydrogens (tertiary/aromatic N) is 4. The predicted octanol–water partition coefficient (Wildman–Crippen LogP) is 8.06. The number of hydrogen-bond acceptors (Lipinski definition) is 8. The minimum Gasteiger partial charge on any atom is -0.465 e. The van der Waals surface area contributed by atoms with Crippen molar-refractivity contribution in [3.8, 4) is 33.6 Å². The number of benzene rings is 2. The van der Waals surface area contributed by atoms with E-state index in [2.05, 4.69) is 20.6 Å². The summed E-state index contributed by atoms with van der Waals surface area (Å²) in [4.78, 5) is 72.0. The number of amides is 4. The Morgan fingerprint density at radius 3 is 1.49 bits per heavy atom. The molecule has 0 saturated carbocycles. The maximum Gasteiger partial charge on any atom is 0.405 e. The second-order valence-corrected chi connectivity index (χ2v) is 18.8. The van der Waals surface area contributed by atoms with Crippen molar-refractivity contribution < 1.29 is 43.3 Å². The Kier molecular flexibility index (Phi) is 13.3. The average Bonchev–Trinajstić information content (AvgIpc) is 4.08. The Labute approximate surface area is 378 Å². The van der Waals surface area contributed by atoms with E-state index < -0.39 is 36.1 Å². The molecule has 0 spiro atoms. The number of H-pyrrole nitrogens is 2. The molecule has 4 aliphatic heterocycles. The smallest absolute Gasteiger partial charge is 0.405 e. The SMILES string of the molecule is C[C@@H]1CC([C@H](NC(=O)O)C(=O)N2[C@@H](C)CC[C@H]2c2nc(-c3ccc(-c4ccc(-c5c[nH]c([C@@H]6CC[C@H](C)N6C(=O)[C@@H](NC(=O)O)C6C[C@@H](C)O[C@H](C)C6)n5)c(F)c4)cc3)c[nH]2)C[C@@H](C)O1. The lowest BCUT2D eigenvalue weighted by Gasteiger charge is -2.39. The van der Waals surface area contributed by atoms with Crippen LogP contribution in [0.4, 0.5) is 14.0 Å². The topological polar surface area (TPSA) is 215 Å². The quantitative estimate of drug-likeness (QED) is 0.0852. The normalized spacial score (nSPS) is 29.0. The number of aromatic amines is 2. The van der Waals surface area contributed by atoms with E-state index in [1.165, 1.54) is 6.07 Å². The zero-order valence-corrected chi connectivity index (χ0v) is 37.8. The molecule has 6 N–H and O–H groups in total. The first-order valence-electron chi connectivity index (χ1n) is 23.0. The third-order valence-corrected chi connectivity index (χ3v) is 13.9. The van der Waals surface area contributed by atoms with Crippen molar-refractivity contribution in [3.63, 3.8) is 0 Å². The summed E-state index contributed by atoms with van der Waals surface area (Å²) in [5.41, 5.74) is 3.66. The van der Waals surface area contributed by atoms with Crippen LogP contribution >= 0.6 is 0 Å². The molecular weight excluding hydrogens is 836 g/mol. The standard InChI is InChI=1S/C48H61FN8O8/c1-24-7-15-39(56(24)45(58)41(54-47(60)61)33-17-26(3)64-27(4)18-33)43-50-22-37(52-43)31-11-9-30(10-12-31)32-13-14-35(36(49)21-32)38-23-51-44(53-38)40-16-8-25(2)57(40)46(59)42(55-48(62)63)34-19-28(5)65-29(6)20-34/h9-14,21-29,33-34,39-42,54-55H,7-8,15-20H2,1-6H3,(H,50,52)(H,51,53)(H,60,61)(H,62,63)/t24-,25-,26+,27+,28+,29+,39-,40-,41-,42-/m0/s1. The van der Waals surface area contributed by atoms with Gasteiger partial charge in [0.2, 0.25) is 11.8 Å². The predicted molar refractivity (Wildman–Crippen MR) is 239 cm³/mol. The summed E-state index contributed by atoms with van der Waals surface area (Å²) < 4.78 is 27.7. The van der Waals surface area contributed by atoms with Crippen molar-refractivity contribution in [1.82, 2.24) is 40.4 Å². The number of ether oxygens (including phenoxy) is 2. The highest BCUT2D eigenvalue weighted by atomic mass is 19.1. The number of nitrogens with one attached hydrogen (secondary N) is 4. The van der Waals surface area contributed by atoms with Crippen LogP contribution in [-0.2, 0) is 19.1 Å². The van der Waals surface area contributed by atoms with Gasteiger partial charge in [-0.25, -0.2) is 23.9 Å². The van der Waals surface area contributed by atoms with Gasteiger partial charge in [-0.3, -0.25) is 9.59 Å². The van der Waals surface area contributed by atoms with Crippen molar-refractivity contribution in [1.29, 1.82) is 0 Å². The largest absolute Gasteiger partial charge is 0.465 e. The molecular formula is C48H61FN8O8. The number of hydrogen-bond donors (Lipinski definition) is 6. The second kappa shape index (κ2) is 19.0. The number of carbonyl (C=O) groups is 4. The van der Waals surface area contributed by atoms with Gasteiger partial charge in [0.1, 0.15) is 29.5 Å². The Balaban J connectivity index is 0.951. The molecule has 4 saturated heterocycles. The van der Waals surface area contributed by atoms with Gasteiger partial charge in [-0.2, -0.15) is 0 Å². The number of rotatable bonds is 11. The first kappa shape index (κ1) is 45.7. The molecule has 6 heterocycles. The van der Waals surface area contributed by atoms with Gasteiger partial charge in [0.15, 0.2) is 0 Å². The molecule has 16 nitrogen and oxygen atoms in total. The molecule has 17 heteroatoms. The first-order chi connectivity index (χ1) is 31.0. The van der Waals surface area contributed by atoms with Gasteiger partial charge in [-0.1, -0.05) is 30.3 Å². The highest BCUT2D eigenvalue weighted by Gasteiger charge is 2.46. The van der Waals surface area contributed by atoms with E-state index in [9.17, 15) is 29.4 Å². The van der Waals surface area contributed by atoms with Crippen LogP contribution in [0.3, 0.4) is 0 Å². The summed E-state index contributed by atoms with van der Waals surface area (Å²) in [5, 5.41) is 24.5. The van der Waals surface area contributed by atoms with Gasteiger partial charge in [0.05, 0.1) is 47.9 Å². The molecule has 4 aliphatic rings. The first-order valence-corrected chi connectivity index (χ1v) is 23.0.